The van der Waals surface area contributed by atoms with Gasteiger partial charge in [-0.05, 0) is 38.6 Å². The lowest BCUT2D eigenvalue weighted by Gasteiger charge is -2.26. The predicted molar refractivity (Wildman–Crippen MR) is 81.7 cm³/mol. The Morgan fingerprint density at radius 2 is 1.85 bits per heavy atom. The third-order valence-electron chi connectivity index (χ3n) is 2.80. The zero-order chi connectivity index (χ0) is 16.0. The molecule has 0 rings (SSSR count). The van der Waals surface area contributed by atoms with Crippen molar-refractivity contribution in [3.63, 3.8) is 0 Å². The van der Waals surface area contributed by atoms with Crippen LogP contribution in [0.5, 0.6) is 0 Å². The van der Waals surface area contributed by atoms with Crippen LogP contribution in [0.3, 0.4) is 0 Å². The van der Waals surface area contributed by atoms with E-state index in [1.54, 1.807) is 13.8 Å². The van der Waals surface area contributed by atoms with E-state index in [2.05, 4.69) is 23.9 Å². The minimum Gasteiger partial charge on any atom is -0.354 e. The molecule has 0 bridgehead atoms. The summed E-state index contributed by atoms with van der Waals surface area (Å²) in [6.45, 7) is 8.37. The van der Waals surface area contributed by atoms with E-state index in [1.807, 2.05) is 0 Å². The topological polar surface area (TPSA) is 101 Å². The Hall–Kier alpha value is -0.660. The van der Waals surface area contributed by atoms with E-state index in [0.29, 0.717) is 18.9 Å². The highest BCUT2D eigenvalue weighted by Gasteiger charge is 2.23. The maximum atomic E-state index is 11.9. The molecule has 0 fully saturated rings. The molecule has 0 saturated heterocycles. The number of sulfonamides is 1. The van der Waals surface area contributed by atoms with Gasteiger partial charge in [-0.15, -0.1) is 0 Å². The molecular formula is C13H29N3O3S. The maximum absolute atomic E-state index is 11.9. The van der Waals surface area contributed by atoms with Crippen molar-refractivity contribution < 1.29 is 13.2 Å². The lowest BCUT2D eigenvalue weighted by atomic mass is 9.94. The second-order valence-corrected chi connectivity index (χ2v) is 8.22. The summed E-state index contributed by atoms with van der Waals surface area (Å²) in [6.07, 6.45) is 2.39. The number of nitrogens with two attached hydrogens (primary N) is 1. The van der Waals surface area contributed by atoms with Crippen LogP contribution < -0.4 is 15.8 Å². The largest absolute Gasteiger partial charge is 0.354 e. The molecule has 0 aliphatic rings. The van der Waals surface area contributed by atoms with Crippen LogP contribution in [-0.4, -0.2) is 39.2 Å². The van der Waals surface area contributed by atoms with E-state index in [0.717, 1.165) is 12.7 Å². The van der Waals surface area contributed by atoms with Crippen LogP contribution in [0, 0.1) is 11.8 Å². The van der Waals surface area contributed by atoms with Crippen molar-refractivity contribution in [1.29, 1.82) is 0 Å². The van der Waals surface area contributed by atoms with Crippen LogP contribution in [0.2, 0.25) is 0 Å². The van der Waals surface area contributed by atoms with Crippen molar-refractivity contribution in [2.75, 3.05) is 19.3 Å². The second-order valence-electron chi connectivity index (χ2n) is 6.47. The smallest absolute Gasteiger partial charge is 0.220 e. The monoisotopic (exact) mass is 307 g/mol. The van der Waals surface area contributed by atoms with Gasteiger partial charge in [0.1, 0.15) is 0 Å². The molecule has 0 aromatic rings. The summed E-state index contributed by atoms with van der Waals surface area (Å²) in [5.41, 5.74) is 4.95. The molecule has 1 amide bonds. The summed E-state index contributed by atoms with van der Waals surface area (Å²) in [7, 11) is -3.29. The number of nitrogens with one attached hydrogen (secondary N) is 2. The highest BCUT2D eigenvalue weighted by Crippen LogP contribution is 2.14. The summed E-state index contributed by atoms with van der Waals surface area (Å²) in [5, 5.41) is 2.76. The molecule has 20 heavy (non-hydrogen) atoms. The summed E-state index contributed by atoms with van der Waals surface area (Å²) in [4.78, 5) is 11.9. The number of amides is 1. The minimum absolute atomic E-state index is 0.0931. The van der Waals surface area contributed by atoms with Crippen molar-refractivity contribution in [2.45, 2.75) is 46.1 Å². The maximum Gasteiger partial charge on any atom is 0.220 e. The van der Waals surface area contributed by atoms with Crippen molar-refractivity contribution in [1.82, 2.24) is 10.0 Å². The Labute approximate surface area is 122 Å². The third kappa shape index (κ3) is 10.2. The molecule has 1 unspecified atom stereocenters. The summed E-state index contributed by atoms with van der Waals surface area (Å²) in [6, 6.07) is 0. The standard InChI is InChI=1S/C13H29N3O3S/c1-10(2)6-11(8-14)7-12(17)15-9-13(3,4)16-20(5,18)19/h10-11,16H,6-9,14H2,1-5H3,(H,15,17). The first-order valence-electron chi connectivity index (χ1n) is 6.91. The molecular weight excluding hydrogens is 278 g/mol. The van der Waals surface area contributed by atoms with Crippen LogP contribution >= 0.6 is 0 Å². The van der Waals surface area contributed by atoms with Crippen LogP contribution in [0.15, 0.2) is 0 Å². The average Bonchev–Trinajstić information content (AvgIpc) is 2.21. The SMILES string of the molecule is CC(C)CC(CN)CC(=O)NCC(C)(C)NS(C)(=O)=O. The zero-order valence-electron chi connectivity index (χ0n) is 13.2. The predicted octanol–water partition coefficient (Wildman–Crippen LogP) is 0.442. The van der Waals surface area contributed by atoms with Gasteiger partial charge in [0, 0.05) is 18.5 Å². The van der Waals surface area contributed by atoms with Gasteiger partial charge >= 0.3 is 0 Å². The van der Waals surface area contributed by atoms with Crippen molar-refractivity contribution >= 4 is 15.9 Å². The molecule has 0 aliphatic carbocycles. The van der Waals surface area contributed by atoms with Gasteiger partial charge < -0.3 is 11.1 Å². The fourth-order valence-corrected chi connectivity index (χ4v) is 3.20. The van der Waals surface area contributed by atoms with E-state index in [4.69, 9.17) is 5.73 Å². The molecule has 0 aromatic carbocycles. The van der Waals surface area contributed by atoms with Gasteiger partial charge in [0.15, 0.2) is 0 Å². The van der Waals surface area contributed by atoms with Gasteiger partial charge in [0.25, 0.3) is 0 Å². The molecule has 0 aromatic heterocycles. The quantitative estimate of drug-likeness (QED) is 0.575. The number of hydrogen-bond donors (Lipinski definition) is 3. The van der Waals surface area contributed by atoms with Gasteiger partial charge in [-0.1, -0.05) is 13.8 Å². The third-order valence-corrected chi connectivity index (χ3v) is 3.72. The van der Waals surface area contributed by atoms with E-state index >= 15 is 0 Å². The van der Waals surface area contributed by atoms with Crippen LogP contribution in [0.1, 0.15) is 40.5 Å². The number of rotatable bonds is 9. The molecule has 0 aliphatic heterocycles. The molecule has 4 N–H and O–H groups in total. The first-order chi connectivity index (χ1) is 8.95. The highest BCUT2D eigenvalue weighted by molar-refractivity contribution is 7.88. The summed E-state index contributed by atoms with van der Waals surface area (Å²) >= 11 is 0. The average molecular weight is 307 g/mol. The van der Waals surface area contributed by atoms with Crippen molar-refractivity contribution in [3.05, 3.63) is 0 Å². The van der Waals surface area contributed by atoms with Gasteiger partial charge in [-0.3, -0.25) is 4.79 Å². The molecule has 0 spiro atoms. The van der Waals surface area contributed by atoms with Gasteiger partial charge in [-0.2, -0.15) is 0 Å². The van der Waals surface area contributed by atoms with E-state index < -0.39 is 15.6 Å². The Morgan fingerprint density at radius 3 is 2.25 bits per heavy atom. The zero-order valence-corrected chi connectivity index (χ0v) is 14.0. The Bertz CT molecular complexity index is 405. The second kappa shape index (κ2) is 7.95. The first-order valence-corrected chi connectivity index (χ1v) is 8.80. The fraction of sp³-hybridized carbons (Fsp3) is 0.923. The lowest BCUT2D eigenvalue weighted by molar-refractivity contribution is -0.122. The first kappa shape index (κ1) is 19.3. The molecule has 7 heteroatoms. The van der Waals surface area contributed by atoms with Crippen LogP contribution in [-0.2, 0) is 14.8 Å². The Kier molecular flexibility index (Phi) is 7.69. The molecule has 0 radical (unpaired) electrons. The molecule has 0 heterocycles. The number of carbonyl (C=O) groups is 1. The molecule has 120 valence electrons. The molecule has 6 nitrogen and oxygen atoms in total. The highest BCUT2D eigenvalue weighted by atomic mass is 32.2. The van der Waals surface area contributed by atoms with Crippen LogP contribution in [0.25, 0.3) is 0 Å². The van der Waals surface area contributed by atoms with E-state index in [1.165, 1.54) is 0 Å². The van der Waals surface area contributed by atoms with Crippen molar-refractivity contribution in [3.8, 4) is 0 Å². The lowest BCUT2D eigenvalue weighted by Crippen LogP contribution is -2.51. The molecule has 0 saturated carbocycles. The minimum atomic E-state index is -3.29. The fourth-order valence-electron chi connectivity index (χ4n) is 2.12. The van der Waals surface area contributed by atoms with Crippen molar-refractivity contribution in [2.24, 2.45) is 17.6 Å². The van der Waals surface area contributed by atoms with Crippen LogP contribution in [0.4, 0.5) is 0 Å². The molecule has 1 atom stereocenters. The van der Waals surface area contributed by atoms with Gasteiger partial charge in [0.05, 0.1) is 6.26 Å². The van der Waals surface area contributed by atoms with E-state index in [9.17, 15) is 13.2 Å². The summed E-state index contributed by atoms with van der Waals surface area (Å²) < 4.78 is 24.9. The van der Waals surface area contributed by atoms with Gasteiger partial charge in [0.2, 0.25) is 15.9 Å². The number of carbonyl (C=O) groups excluding carboxylic acids is 1. The normalized spacial score (nSPS) is 14.3. The number of hydrogen-bond acceptors (Lipinski definition) is 4. The van der Waals surface area contributed by atoms with E-state index in [-0.39, 0.29) is 18.4 Å². The van der Waals surface area contributed by atoms with Gasteiger partial charge in [-0.25, -0.2) is 13.1 Å². The summed E-state index contributed by atoms with van der Waals surface area (Å²) in [5.74, 6) is 0.574. The Morgan fingerprint density at radius 1 is 1.30 bits per heavy atom. The Balaban J connectivity index is 4.27.